The average molecular weight is 239 g/mol. The van der Waals surface area contributed by atoms with Crippen LogP contribution in [-0.2, 0) is 4.79 Å². The number of likely N-dealkylation sites (N-methyl/N-ethyl adjacent to an activating group) is 1. The molecular formula is C12H14FNO3. The van der Waals surface area contributed by atoms with Crippen molar-refractivity contribution in [2.24, 2.45) is 0 Å². The molecule has 1 fully saturated rings. The van der Waals surface area contributed by atoms with Gasteiger partial charge in [-0.05, 0) is 19.2 Å². The fourth-order valence-corrected chi connectivity index (χ4v) is 2.02. The molecule has 1 N–H and O–H groups in total. The van der Waals surface area contributed by atoms with Crippen LogP contribution in [0.2, 0.25) is 0 Å². The van der Waals surface area contributed by atoms with Gasteiger partial charge in [-0.2, -0.15) is 0 Å². The summed E-state index contributed by atoms with van der Waals surface area (Å²) in [6.07, 6.45) is 0.398. The van der Waals surface area contributed by atoms with E-state index in [0.29, 0.717) is 19.5 Å². The molecule has 0 amide bonds. The van der Waals surface area contributed by atoms with Gasteiger partial charge in [0.1, 0.15) is 11.6 Å². The van der Waals surface area contributed by atoms with Crippen molar-refractivity contribution in [2.75, 3.05) is 20.1 Å². The number of ether oxygens (including phenoxy) is 1. The van der Waals surface area contributed by atoms with E-state index >= 15 is 0 Å². The fraction of sp³-hybridized carbons (Fsp3) is 0.417. The molecule has 1 aliphatic heterocycles. The monoisotopic (exact) mass is 239 g/mol. The molecule has 2 rings (SSSR count). The maximum Gasteiger partial charge on any atom is 0.349 e. The van der Waals surface area contributed by atoms with Crippen LogP contribution in [0.4, 0.5) is 4.39 Å². The van der Waals surface area contributed by atoms with Crippen molar-refractivity contribution in [3.05, 3.63) is 30.1 Å². The number of hydrogen-bond acceptors (Lipinski definition) is 3. The van der Waals surface area contributed by atoms with Crippen molar-refractivity contribution < 1.29 is 19.0 Å². The lowest BCUT2D eigenvalue weighted by molar-refractivity contribution is -0.154. The lowest BCUT2D eigenvalue weighted by atomic mass is 10.0. The molecule has 0 radical (unpaired) electrons. The summed E-state index contributed by atoms with van der Waals surface area (Å²) in [6.45, 7) is 0.959. The Hall–Kier alpha value is -1.62. The van der Waals surface area contributed by atoms with Gasteiger partial charge in [-0.1, -0.05) is 6.07 Å². The van der Waals surface area contributed by atoms with Crippen LogP contribution in [0, 0.1) is 5.82 Å². The molecule has 92 valence electrons. The first-order valence-electron chi connectivity index (χ1n) is 5.38. The van der Waals surface area contributed by atoms with Crippen LogP contribution in [0.5, 0.6) is 5.75 Å². The van der Waals surface area contributed by atoms with E-state index in [-0.39, 0.29) is 5.75 Å². The Balaban J connectivity index is 2.22. The first kappa shape index (κ1) is 11.9. The Morgan fingerprint density at radius 2 is 2.35 bits per heavy atom. The van der Waals surface area contributed by atoms with Crippen LogP contribution in [-0.4, -0.2) is 41.7 Å². The van der Waals surface area contributed by atoms with Gasteiger partial charge in [0.05, 0.1) is 0 Å². The van der Waals surface area contributed by atoms with Crippen molar-refractivity contribution in [1.82, 2.24) is 4.90 Å². The van der Waals surface area contributed by atoms with Crippen LogP contribution in [0.25, 0.3) is 0 Å². The number of likely N-dealkylation sites (tertiary alicyclic amines) is 1. The Morgan fingerprint density at radius 1 is 1.59 bits per heavy atom. The van der Waals surface area contributed by atoms with E-state index in [1.165, 1.54) is 18.2 Å². The normalized spacial score (nSPS) is 24.8. The van der Waals surface area contributed by atoms with Crippen LogP contribution < -0.4 is 4.74 Å². The molecule has 1 unspecified atom stereocenters. The quantitative estimate of drug-likeness (QED) is 0.865. The molecule has 0 spiro atoms. The highest BCUT2D eigenvalue weighted by Crippen LogP contribution is 2.28. The molecule has 0 aliphatic carbocycles. The van der Waals surface area contributed by atoms with Gasteiger partial charge in [0.25, 0.3) is 0 Å². The summed E-state index contributed by atoms with van der Waals surface area (Å²) in [4.78, 5) is 13.2. The zero-order valence-electron chi connectivity index (χ0n) is 9.52. The molecule has 1 saturated heterocycles. The van der Waals surface area contributed by atoms with Crippen LogP contribution in [0.15, 0.2) is 24.3 Å². The van der Waals surface area contributed by atoms with Crippen molar-refractivity contribution in [1.29, 1.82) is 0 Å². The molecule has 4 nitrogen and oxygen atoms in total. The van der Waals surface area contributed by atoms with Crippen LogP contribution in [0.3, 0.4) is 0 Å². The number of rotatable bonds is 3. The molecule has 17 heavy (non-hydrogen) atoms. The minimum absolute atomic E-state index is 0.253. The number of carboxylic acids is 1. The smallest absolute Gasteiger partial charge is 0.349 e. The van der Waals surface area contributed by atoms with E-state index in [0.717, 1.165) is 0 Å². The van der Waals surface area contributed by atoms with E-state index in [1.807, 2.05) is 11.9 Å². The van der Waals surface area contributed by atoms with Gasteiger partial charge in [0.15, 0.2) is 0 Å². The van der Waals surface area contributed by atoms with Gasteiger partial charge < -0.3 is 14.7 Å². The molecule has 0 saturated carbocycles. The summed E-state index contributed by atoms with van der Waals surface area (Å²) in [5.41, 5.74) is -1.26. The number of halogens is 1. The minimum Gasteiger partial charge on any atom is -0.478 e. The van der Waals surface area contributed by atoms with E-state index in [1.54, 1.807) is 6.07 Å². The molecule has 1 aliphatic rings. The molecule has 0 aromatic heterocycles. The zero-order chi connectivity index (χ0) is 12.5. The largest absolute Gasteiger partial charge is 0.478 e. The van der Waals surface area contributed by atoms with Crippen molar-refractivity contribution in [2.45, 2.75) is 12.0 Å². The highest BCUT2D eigenvalue weighted by molar-refractivity contribution is 5.78. The predicted molar refractivity (Wildman–Crippen MR) is 59.5 cm³/mol. The number of benzene rings is 1. The molecular weight excluding hydrogens is 225 g/mol. The molecule has 1 aromatic carbocycles. The molecule has 1 heterocycles. The summed E-state index contributed by atoms with van der Waals surface area (Å²) in [5.74, 6) is -1.19. The Bertz CT molecular complexity index is 438. The second kappa shape index (κ2) is 4.33. The first-order chi connectivity index (χ1) is 8.02. The van der Waals surface area contributed by atoms with Crippen molar-refractivity contribution in [3.8, 4) is 5.75 Å². The van der Waals surface area contributed by atoms with E-state index in [2.05, 4.69) is 0 Å². The Labute approximate surface area is 98.6 Å². The summed E-state index contributed by atoms with van der Waals surface area (Å²) < 4.78 is 18.5. The van der Waals surface area contributed by atoms with Gasteiger partial charge >= 0.3 is 5.97 Å². The first-order valence-corrected chi connectivity index (χ1v) is 5.38. The third-order valence-corrected chi connectivity index (χ3v) is 2.92. The molecule has 0 bridgehead atoms. The summed E-state index contributed by atoms with van der Waals surface area (Å²) in [7, 11) is 1.83. The number of hydrogen-bond donors (Lipinski definition) is 1. The fourth-order valence-electron chi connectivity index (χ4n) is 2.02. The van der Waals surface area contributed by atoms with Crippen LogP contribution in [0.1, 0.15) is 6.42 Å². The van der Waals surface area contributed by atoms with Gasteiger partial charge in [0, 0.05) is 25.6 Å². The van der Waals surface area contributed by atoms with Gasteiger partial charge in [0.2, 0.25) is 5.60 Å². The van der Waals surface area contributed by atoms with Gasteiger partial charge in [-0.15, -0.1) is 0 Å². The Morgan fingerprint density at radius 3 is 2.88 bits per heavy atom. The standard InChI is InChI=1S/C12H14FNO3/c1-14-6-5-12(8-14,11(15)16)17-10-4-2-3-9(13)7-10/h2-4,7H,5-6,8H2,1H3,(H,15,16). The SMILES string of the molecule is CN1CCC(Oc2cccc(F)c2)(C(=O)O)C1. The minimum atomic E-state index is -1.26. The highest BCUT2D eigenvalue weighted by Gasteiger charge is 2.46. The third-order valence-electron chi connectivity index (χ3n) is 2.92. The third kappa shape index (κ3) is 2.39. The van der Waals surface area contributed by atoms with Crippen molar-refractivity contribution in [3.63, 3.8) is 0 Å². The lowest BCUT2D eigenvalue weighted by Crippen LogP contribution is -2.46. The summed E-state index contributed by atoms with van der Waals surface area (Å²) in [5, 5.41) is 9.27. The number of carbonyl (C=O) groups is 1. The van der Waals surface area contributed by atoms with E-state index in [4.69, 9.17) is 4.74 Å². The lowest BCUT2D eigenvalue weighted by Gasteiger charge is -2.25. The molecule has 5 heteroatoms. The van der Waals surface area contributed by atoms with Crippen LogP contribution >= 0.6 is 0 Å². The molecule has 1 atom stereocenters. The van der Waals surface area contributed by atoms with Crippen molar-refractivity contribution >= 4 is 5.97 Å². The second-order valence-electron chi connectivity index (χ2n) is 4.35. The van der Waals surface area contributed by atoms with E-state index in [9.17, 15) is 14.3 Å². The number of nitrogens with zero attached hydrogens (tertiary/aromatic N) is 1. The Kier molecular flexibility index (Phi) is 3.02. The van der Waals surface area contributed by atoms with E-state index < -0.39 is 17.4 Å². The topological polar surface area (TPSA) is 49.8 Å². The maximum atomic E-state index is 13.0. The number of carboxylic acid groups (broad SMARTS) is 1. The second-order valence-corrected chi connectivity index (χ2v) is 4.35. The van der Waals surface area contributed by atoms with Gasteiger partial charge in [-0.25, -0.2) is 9.18 Å². The highest BCUT2D eigenvalue weighted by atomic mass is 19.1. The predicted octanol–water partition coefficient (Wildman–Crippen LogP) is 1.36. The van der Waals surface area contributed by atoms with Gasteiger partial charge in [-0.3, -0.25) is 0 Å². The summed E-state index contributed by atoms with van der Waals surface area (Å²) >= 11 is 0. The molecule has 1 aromatic rings. The zero-order valence-corrected chi connectivity index (χ0v) is 9.52. The summed E-state index contributed by atoms with van der Waals surface area (Å²) in [6, 6.07) is 5.55. The number of aliphatic carboxylic acids is 1. The average Bonchev–Trinajstić information content (AvgIpc) is 2.61. The maximum absolute atomic E-state index is 13.0.